The minimum atomic E-state index is -0.952. The summed E-state index contributed by atoms with van der Waals surface area (Å²) in [6.07, 6.45) is 9.74. The van der Waals surface area contributed by atoms with E-state index < -0.39 is 53.0 Å². The van der Waals surface area contributed by atoms with Crippen molar-refractivity contribution >= 4 is 68.9 Å². The Balaban J connectivity index is 0.000000201. The third-order valence-corrected chi connectivity index (χ3v) is 10.8. The number of carbonyl (C=O) groups is 9. The average Bonchev–Trinajstić information content (AvgIpc) is 4.17. The number of nitrogens with zero attached hydrogens (tertiary/aromatic N) is 8. The number of hydrogen-bond acceptors (Lipinski definition) is 18. The Morgan fingerprint density at radius 2 is 1.24 bits per heavy atom. The van der Waals surface area contributed by atoms with Gasteiger partial charge < -0.3 is 33.6 Å². The third-order valence-electron chi connectivity index (χ3n) is 10.4. The number of azide groups is 1. The fourth-order valence-corrected chi connectivity index (χ4v) is 7.40. The quantitative estimate of drug-likeness (QED) is 0.0194. The molecular weight excluding hydrogens is 1060 g/mol. The molecule has 0 bridgehead atoms. The average molecular weight is 1100 g/mol. The number of terminal acetylenes is 1. The molecule has 0 saturated carbocycles. The summed E-state index contributed by atoms with van der Waals surface area (Å²) in [5, 5.41) is 36.1. The predicted molar refractivity (Wildman–Crippen MR) is 263 cm³/mol. The van der Waals surface area contributed by atoms with Crippen LogP contribution >= 0.6 is 15.9 Å². The number of ketones is 4. The molecule has 0 amide bonds. The smallest absolute Gasteiger partial charge is 0.347 e. The predicted octanol–water partition coefficient (Wildman–Crippen LogP) is 7.30. The SMILES string of the molecule is C#Cc1cccc(OC(=O)c2c(C)oc3c2C(=O)c2ncccc2C3=O)c1.Cc1oc2c(c1C(=O)Oc1cccc(-c3cn(CCC(=O)O)nn3)c1)C(=O)c1ncccc1C2=O.O=C(O)CCBr.[N-]=[N+]=NCCC(=O)O. The summed E-state index contributed by atoms with van der Waals surface area (Å²) in [7, 11) is 0. The Labute approximate surface area is 436 Å². The van der Waals surface area contributed by atoms with Gasteiger partial charge in [-0.15, -0.1) is 11.5 Å². The molecule has 9 rings (SSSR count). The van der Waals surface area contributed by atoms with E-state index in [1.807, 2.05) is 0 Å². The van der Waals surface area contributed by atoms with Gasteiger partial charge in [0, 0.05) is 40.3 Å². The summed E-state index contributed by atoms with van der Waals surface area (Å²) in [6, 6.07) is 18.9. The molecular formula is C51H37BrN8O16. The zero-order chi connectivity index (χ0) is 55.2. The number of aryl methyl sites for hydroxylation is 3. The number of alkyl halides is 1. The number of carboxylic acids is 3. The van der Waals surface area contributed by atoms with E-state index in [0.29, 0.717) is 22.2 Å². The van der Waals surface area contributed by atoms with Crippen LogP contribution in [0.2, 0.25) is 0 Å². The number of ether oxygens (including phenoxy) is 2. The fourth-order valence-electron chi connectivity index (χ4n) is 7.06. The molecule has 24 nitrogen and oxygen atoms in total. The summed E-state index contributed by atoms with van der Waals surface area (Å²) in [5.74, 6) is -3.88. The van der Waals surface area contributed by atoms with Gasteiger partial charge in [0.05, 0.1) is 54.3 Å². The second kappa shape index (κ2) is 25.0. The van der Waals surface area contributed by atoms with Crippen LogP contribution in [-0.4, -0.2) is 105 Å². The molecule has 2 aromatic carbocycles. The Hall–Kier alpha value is -10.2. The minimum Gasteiger partial charge on any atom is -0.481 e. The van der Waals surface area contributed by atoms with Gasteiger partial charge in [0.15, 0.2) is 11.5 Å². The lowest BCUT2D eigenvalue weighted by atomic mass is 9.90. The van der Waals surface area contributed by atoms with Gasteiger partial charge in [-0.1, -0.05) is 50.4 Å². The Kier molecular flexibility index (Phi) is 18.1. The van der Waals surface area contributed by atoms with Crippen LogP contribution in [0.15, 0.2) is 105 Å². The van der Waals surface area contributed by atoms with Gasteiger partial charge in [-0.2, -0.15) is 0 Å². The summed E-state index contributed by atoms with van der Waals surface area (Å²) < 4.78 is 23.2. The summed E-state index contributed by atoms with van der Waals surface area (Å²) in [4.78, 5) is 117. The highest BCUT2D eigenvalue weighted by Crippen LogP contribution is 2.35. The van der Waals surface area contributed by atoms with E-state index in [2.05, 4.69) is 52.2 Å². The molecule has 0 aliphatic heterocycles. The molecule has 0 spiro atoms. The minimum absolute atomic E-state index is 0.0146. The number of furan rings is 2. The molecule has 5 aromatic heterocycles. The van der Waals surface area contributed by atoms with E-state index in [4.69, 9.17) is 45.6 Å². The molecule has 0 atom stereocenters. The van der Waals surface area contributed by atoms with Gasteiger partial charge in [0.2, 0.25) is 23.1 Å². The van der Waals surface area contributed by atoms with Crippen LogP contribution in [0.3, 0.4) is 0 Å². The van der Waals surface area contributed by atoms with Crippen LogP contribution in [0.4, 0.5) is 0 Å². The molecule has 0 fully saturated rings. The monoisotopic (exact) mass is 1100 g/mol. The van der Waals surface area contributed by atoms with Crippen molar-refractivity contribution in [3.8, 4) is 35.1 Å². The van der Waals surface area contributed by atoms with Crippen molar-refractivity contribution in [2.45, 2.75) is 39.7 Å². The van der Waals surface area contributed by atoms with Crippen molar-refractivity contribution in [2.24, 2.45) is 5.11 Å². The van der Waals surface area contributed by atoms with Crippen LogP contribution in [0.5, 0.6) is 11.5 Å². The zero-order valence-electron chi connectivity index (χ0n) is 39.6. The lowest BCUT2D eigenvalue weighted by Crippen LogP contribution is -2.23. The zero-order valence-corrected chi connectivity index (χ0v) is 41.2. The molecule has 0 radical (unpaired) electrons. The van der Waals surface area contributed by atoms with Gasteiger partial charge in [-0.25, -0.2) is 9.59 Å². The maximum atomic E-state index is 13.1. The first-order chi connectivity index (χ1) is 36.4. The third kappa shape index (κ3) is 12.9. The van der Waals surface area contributed by atoms with Crippen molar-refractivity contribution < 1.29 is 76.8 Å². The molecule has 0 unspecified atom stereocenters. The highest BCUT2D eigenvalue weighted by Gasteiger charge is 2.41. The van der Waals surface area contributed by atoms with Crippen LogP contribution in [0.1, 0.15) is 121 Å². The number of benzene rings is 2. The topological polar surface area (TPSA) is 364 Å². The molecule has 2 aliphatic rings. The molecule has 384 valence electrons. The molecule has 3 N–H and O–H groups in total. The van der Waals surface area contributed by atoms with Gasteiger partial charge in [-0.05, 0) is 74.0 Å². The molecule has 2 aliphatic carbocycles. The summed E-state index contributed by atoms with van der Waals surface area (Å²) in [6.45, 7) is 3.16. The van der Waals surface area contributed by atoms with Crippen molar-refractivity contribution in [3.63, 3.8) is 0 Å². The number of carbonyl (C=O) groups excluding carboxylic acids is 6. The number of rotatable bonds is 13. The molecule has 7 aromatic rings. The van der Waals surface area contributed by atoms with Gasteiger partial charge >= 0.3 is 29.8 Å². The van der Waals surface area contributed by atoms with Crippen LogP contribution in [0.25, 0.3) is 21.7 Å². The number of carboxylic acid groups (broad SMARTS) is 3. The van der Waals surface area contributed by atoms with E-state index in [1.54, 1.807) is 54.7 Å². The number of hydrogen-bond donors (Lipinski definition) is 3. The van der Waals surface area contributed by atoms with Gasteiger partial charge in [-0.3, -0.25) is 48.2 Å². The van der Waals surface area contributed by atoms with Gasteiger partial charge in [0.1, 0.15) is 51.2 Å². The van der Waals surface area contributed by atoms with Crippen LogP contribution in [-0.2, 0) is 20.9 Å². The first-order valence-corrected chi connectivity index (χ1v) is 23.1. The number of halogens is 1. The van der Waals surface area contributed by atoms with E-state index in [0.717, 1.165) is 0 Å². The Bertz CT molecular complexity index is 3580. The Morgan fingerprint density at radius 1 is 0.724 bits per heavy atom. The lowest BCUT2D eigenvalue weighted by molar-refractivity contribution is -0.138. The van der Waals surface area contributed by atoms with Crippen molar-refractivity contribution in [2.75, 3.05) is 11.9 Å². The van der Waals surface area contributed by atoms with E-state index >= 15 is 0 Å². The fraction of sp³-hybridized carbons (Fsp3) is 0.157. The normalized spacial score (nSPS) is 11.4. The number of pyridine rings is 2. The Morgan fingerprint density at radius 3 is 1.71 bits per heavy atom. The van der Waals surface area contributed by atoms with Crippen molar-refractivity contribution in [1.82, 2.24) is 25.0 Å². The highest BCUT2D eigenvalue weighted by atomic mass is 79.9. The molecule has 76 heavy (non-hydrogen) atoms. The standard InChI is InChI=1S/C24H16N4O7.C21H11NO5.C3H5BrO2.C3H5N3O2/c1-12-18(19-22(32)20-15(6-3-8-25-20)21(31)23(19)34-12)24(33)35-14-5-2-4-13(10-14)16-11-28(27-26-16)9-7-17(29)30;1-3-12-6-4-7-13(10-12)27-21(25)15-11(2)26-20-16(15)19(24)17-14(18(20)23)8-5-9-22-17;4-2-1-3(5)6;4-6-5-2-1-3(7)8/h2-6,8,10-11H,7,9H2,1H3,(H,29,30);1,4-10H,2H3;1-2H2,(H,5,6);1-2H2,(H,7,8). The highest BCUT2D eigenvalue weighted by molar-refractivity contribution is 9.09. The second-order valence-corrected chi connectivity index (χ2v) is 16.3. The number of aliphatic carboxylic acids is 3. The first-order valence-electron chi connectivity index (χ1n) is 22.0. The lowest BCUT2D eigenvalue weighted by Gasteiger charge is -2.12. The molecule has 0 saturated heterocycles. The van der Waals surface area contributed by atoms with E-state index in [1.165, 1.54) is 55.2 Å². The first kappa shape index (κ1) is 55.1. The maximum absolute atomic E-state index is 13.1. The van der Waals surface area contributed by atoms with Gasteiger partial charge in [0.25, 0.3) is 0 Å². The van der Waals surface area contributed by atoms with Crippen molar-refractivity contribution in [3.05, 3.63) is 175 Å². The molecule has 5 heterocycles. The van der Waals surface area contributed by atoms with Crippen LogP contribution in [0, 0.1) is 26.2 Å². The molecule has 25 heteroatoms. The van der Waals surface area contributed by atoms with Crippen molar-refractivity contribution in [1.29, 1.82) is 0 Å². The van der Waals surface area contributed by atoms with E-state index in [-0.39, 0.29) is 112 Å². The summed E-state index contributed by atoms with van der Waals surface area (Å²) >= 11 is 2.97. The van der Waals surface area contributed by atoms with E-state index in [9.17, 15) is 43.2 Å². The van der Waals surface area contributed by atoms with Crippen LogP contribution < -0.4 is 9.47 Å². The largest absolute Gasteiger partial charge is 0.481 e. The number of fused-ring (bicyclic) bond motifs is 4. The number of aromatic nitrogens is 5. The second-order valence-electron chi connectivity index (χ2n) is 15.5. The number of esters is 2. The summed E-state index contributed by atoms with van der Waals surface area (Å²) in [5.41, 5.74) is 8.89. The maximum Gasteiger partial charge on any atom is 0.347 e.